The molecule has 1 fully saturated rings. The monoisotopic (exact) mass is 297 g/mol. The predicted octanol–water partition coefficient (Wildman–Crippen LogP) is 2.40. The number of aliphatic hydroxyl groups is 1. The Morgan fingerprint density at radius 2 is 2.10 bits per heavy atom. The summed E-state index contributed by atoms with van der Waals surface area (Å²) in [5.74, 6) is -0.0721. The lowest BCUT2D eigenvalue weighted by molar-refractivity contribution is -0.164. The van der Waals surface area contributed by atoms with E-state index in [1.54, 1.807) is 24.0 Å². The van der Waals surface area contributed by atoms with Crippen LogP contribution in [0, 0.1) is 0 Å². The number of amides is 1. The topological polar surface area (TPSA) is 49.8 Å². The first-order valence-electron chi connectivity index (χ1n) is 6.88. The van der Waals surface area contributed by atoms with Crippen molar-refractivity contribution in [3.8, 4) is 0 Å². The number of hydrogen-bond donors (Lipinski definition) is 1. The highest BCUT2D eigenvalue weighted by atomic mass is 35.5. The molecule has 1 amide bonds. The molecule has 5 heteroatoms. The third-order valence-electron chi connectivity index (χ3n) is 3.77. The first kappa shape index (κ1) is 15.3. The van der Waals surface area contributed by atoms with Gasteiger partial charge in [-0.1, -0.05) is 30.7 Å². The summed E-state index contributed by atoms with van der Waals surface area (Å²) in [6, 6.07) is 7.05. The van der Waals surface area contributed by atoms with Crippen molar-refractivity contribution in [2.24, 2.45) is 0 Å². The smallest absolute Gasteiger partial charge is 0.252 e. The summed E-state index contributed by atoms with van der Waals surface area (Å²) in [6.45, 7) is 4.11. The molecule has 2 rings (SSSR count). The standard InChI is InChI=1S/C15H20ClNO3/c1-3-13(8-18)17-14(9-20-10(2)15(17)19)11-4-6-12(16)7-5-11/h4-7,10,13-14,18H,3,8-9H2,1-2H3. The Bertz CT molecular complexity index is 459. The number of carbonyl (C=O) groups is 1. The number of nitrogens with zero attached hydrogens (tertiary/aromatic N) is 1. The Balaban J connectivity index is 2.33. The molecular formula is C15H20ClNO3. The molecule has 0 aliphatic carbocycles. The zero-order valence-electron chi connectivity index (χ0n) is 11.8. The Hall–Kier alpha value is -1.10. The third kappa shape index (κ3) is 2.97. The van der Waals surface area contributed by atoms with Gasteiger partial charge in [0, 0.05) is 5.02 Å². The minimum Gasteiger partial charge on any atom is -0.394 e. The molecule has 0 saturated carbocycles. The number of benzene rings is 1. The van der Waals surface area contributed by atoms with Crippen molar-refractivity contribution < 1.29 is 14.6 Å². The lowest BCUT2D eigenvalue weighted by atomic mass is 10.00. The summed E-state index contributed by atoms with van der Waals surface area (Å²) in [5, 5.41) is 10.2. The fourth-order valence-corrected chi connectivity index (χ4v) is 2.67. The number of ether oxygens (including phenoxy) is 1. The average molecular weight is 298 g/mol. The highest BCUT2D eigenvalue weighted by molar-refractivity contribution is 6.30. The van der Waals surface area contributed by atoms with Gasteiger partial charge in [0.1, 0.15) is 6.10 Å². The van der Waals surface area contributed by atoms with Gasteiger partial charge in [-0.25, -0.2) is 0 Å². The zero-order chi connectivity index (χ0) is 14.7. The van der Waals surface area contributed by atoms with E-state index in [1.165, 1.54) is 0 Å². The first-order valence-corrected chi connectivity index (χ1v) is 7.26. The van der Waals surface area contributed by atoms with E-state index >= 15 is 0 Å². The van der Waals surface area contributed by atoms with E-state index < -0.39 is 6.10 Å². The SMILES string of the molecule is CCC(CO)N1C(=O)C(C)OCC1c1ccc(Cl)cc1. The van der Waals surface area contributed by atoms with E-state index in [4.69, 9.17) is 16.3 Å². The van der Waals surface area contributed by atoms with Crippen LogP contribution in [-0.2, 0) is 9.53 Å². The van der Waals surface area contributed by atoms with Crippen LogP contribution in [0.1, 0.15) is 31.9 Å². The number of carbonyl (C=O) groups excluding carboxylic acids is 1. The highest BCUT2D eigenvalue weighted by Crippen LogP contribution is 2.30. The summed E-state index contributed by atoms with van der Waals surface area (Å²) in [4.78, 5) is 14.2. The first-order chi connectivity index (χ1) is 9.58. The molecular weight excluding hydrogens is 278 g/mol. The van der Waals surface area contributed by atoms with Gasteiger partial charge in [0.25, 0.3) is 5.91 Å². The fourth-order valence-electron chi connectivity index (χ4n) is 2.54. The highest BCUT2D eigenvalue weighted by Gasteiger charge is 2.38. The Morgan fingerprint density at radius 1 is 1.45 bits per heavy atom. The van der Waals surface area contributed by atoms with Gasteiger partial charge in [-0.05, 0) is 31.0 Å². The summed E-state index contributed by atoms with van der Waals surface area (Å²) in [7, 11) is 0. The molecule has 1 aliphatic heterocycles. The van der Waals surface area contributed by atoms with Gasteiger partial charge in [0.05, 0.1) is 25.3 Å². The van der Waals surface area contributed by atoms with Crippen LogP contribution in [0.5, 0.6) is 0 Å². The zero-order valence-corrected chi connectivity index (χ0v) is 12.5. The molecule has 1 aliphatic rings. The van der Waals surface area contributed by atoms with Crippen molar-refractivity contribution >= 4 is 17.5 Å². The number of halogens is 1. The summed E-state index contributed by atoms with van der Waals surface area (Å²) >= 11 is 5.90. The van der Waals surface area contributed by atoms with Crippen molar-refractivity contribution in [3.63, 3.8) is 0 Å². The van der Waals surface area contributed by atoms with E-state index in [1.807, 2.05) is 19.1 Å². The van der Waals surface area contributed by atoms with Gasteiger partial charge in [-0.3, -0.25) is 4.79 Å². The molecule has 0 radical (unpaired) electrons. The van der Waals surface area contributed by atoms with Gasteiger partial charge in [0.15, 0.2) is 0 Å². The molecule has 1 aromatic rings. The van der Waals surface area contributed by atoms with Crippen LogP contribution in [0.4, 0.5) is 0 Å². The molecule has 1 N–H and O–H groups in total. The second-order valence-electron chi connectivity index (χ2n) is 5.03. The van der Waals surface area contributed by atoms with Crippen LogP contribution in [-0.4, -0.2) is 41.3 Å². The molecule has 0 aromatic heterocycles. The van der Waals surface area contributed by atoms with Gasteiger partial charge in [-0.2, -0.15) is 0 Å². The van der Waals surface area contributed by atoms with E-state index in [0.717, 1.165) is 5.56 Å². The van der Waals surface area contributed by atoms with Gasteiger partial charge < -0.3 is 14.7 Å². The van der Waals surface area contributed by atoms with E-state index in [2.05, 4.69) is 0 Å². The molecule has 110 valence electrons. The molecule has 3 unspecified atom stereocenters. The van der Waals surface area contributed by atoms with E-state index in [9.17, 15) is 9.90 Å². The number of aliphatic hydroxyl groups excluding tert-OH is 1. The molecule has 1 aromatic carbocycles. The molecule has 3 atom stereocenters. The number of hydrogen-bond acceptors (Lipinski definition) is 3. The lowest BCUT2D eigenvalue weighted by Gasteiger charge is -2.42. The largest absolute Gasteiger partial charge is 0.394 e. The van der Waals surface area contributed by atoms with Crippen molar-refractivity contribution in [1.82, 2.24) is 4.90 Å². The molecule has 1 heterocycles. The summed E-state index contributed by atoms with van der Waals surface area (Å²) in [5.41, 5.74) is 0.974. The average Bonchev–Trinajstić information content (AvgIpc) is 2.46. The maximum atomic E-state index is 12.4. The Labute approximate surface area is 124 Å². The fraction of sp³-hybridized carbons (Fsp3) is 0.533. The molecule has 0 spiro atoms. The lowest BCUT2D eigenvalue weighted by Crippen LogP contribution is -2.53. The van der Waals surface area contributed by atoms with Crippen LogP contribution in [0.15, 0.2) is 24.3 Å². The van der Waals surface area contributed by atoms with E-state index in [-0.39, 0.29) is 24.6 Å². The van der Waals surface area contributed by atoms with Crippen LogP contribution in [0.3, 0.4) is 0 Å². The van der Waals surface area contributed by atoms with Crippen molar-refractivity contribution in [1.29, 1.82) is 0 Å². The van der Waals surface area contributed by atoms with Gasteiger partial charge >= 0.3 is 0 Å². The summed E-state index contributed by atoms with van der Waals surface area (Å²) in [6.07, 6.45) is 0.248. The number of rotatable bonds is 4. The molecule has 4 nitrogen and oxygen atoms in total. The van der Waals surface area contributed by atoms with Crippen LogP contribution in [0.2, 0.25) is 5.02 Å². The minimum absolute atomic E-state index is 0.0426. The second kappa shape index (κ2) is 6.57. The predicted molar refractivity (Wildman–Crippen MR) is 77.6 cm³/mol. The Kier molecular flexibility index (Phi) is 5.02. The van der Waals surface area contributed by atoms with E-state index in [0.29, 0.717) is 18.1 Å². The van der Waals surface area contributed by atoms with Crippen LogP contribution in [0.25, 0.3) is 0 Å². The Morgan fingerprint density at radius 3 is 2.65 bits per heavy atom. The van der Waals surface area contributed by atoms with Crippen LogP contribution < -0.4 is 0 Å². The van der Waals surface area contributed by atoms with Gasteiger partial charge in [-0.15, -0.1) is 0 Å². The molecule has 20 heavy (non-hydrogen) atoms. The minimum atomic E-state index is -0.459. The maximum absolute atomic E-state index is 12.4. The van der Waals surface area contributed by atoms with Crippen LogP contribution >= 0.6 is 11.6 Å². The molecule has 0 bridgehead atoms. The van der Waals surface area contributed by atoms with Crippen molar-refractivity contribution in [3.05, 3.63) is 34.9 Å². The quantitative estimate of drug-likeness (QED) is 0.928. The van der Waals surface area contributed by atoms with Crippen molar-refractivity contribution in [2.75, 3.05) is 13.2 Å². The summed E-state index contributed by atoms with van der Waals surface area (Å²) < 4.78 is 5.55. The second-order valence-corrected chi connectivity index (χ2v) is 5.47. The maximum Gasteiger partial charge on any atom is 0.252 e. The molecule has 1 saturated heterocycles. The number of morpholine rings is 1. The van der Waals surface area contributed by atoms with Gasteiger partial charge in [0.2, 0.25) is 0 Å². The van der Waals surface area contributed by atoms with Crippen molar-refractivity contribution in [2.45, 2.75) is 38.5 Å². The normalized spacial score (nSPS) is 24.8. The third-order valence-corrected chi connectivity index (χ3v) is 4.02.